The van der Waals surface area contributed by atoms with E-state index in [1.165, 1.54) is 6.42 Å². The van der Waals surface area contributed by atoms with Crippen molar-refractivity contribution in [3.63, 3.8) is 0 Å². The number of rotatable bonds is 2. The zero-order chi connectivity index (χ0) is 7.56. The van der Waals surface area contributed by atoms with Crippen LogP contribution in [0.1, 0.15) is 33.1 Å². The van der Waals surface area contributed by atoms with Gasteiger partial charge in [-0.25, -0.2) is 0 Å². The molecule has 2 N–H and O–H groups in total. The van der Waals surface area contributed by atoms with E-state index < -0.39 is 0 Å². The SMILES string of the molecule is CCC(C)C=C1CC(N)C1. The Morgan fingerprint density at radius 2 is 2.30 bits per heavy atom. The van der Waals surface area contributed by atoms with E-state index >= 15 is 0 Å². The van der Waals surface area contributed by atoms with Gasteiger partial charge in [0.2, 0.25) is 0 Å². The van der Waals surface area contributed by atoms with Crippen LogP contribution in [0.3, 0.4) is 0 Å². The van der Waals surface area contributed by atoms with Crippen LogP contribution in [-0.4, -0.2) is 6.04 Å². The van der Waals surface area contributed by atoms with E-state index in [1.54, 1.807) is 5.57 Å². The Labute approximate surface area is 63.3 Å². The third-order valence-corrected chi connectivity index (χ3v) is 2.21. The van der Waals surface area contributed by atoms with E-state index in [9.17, 15) is 0 Å². The summed E-state index contributed by atoms with van der Waals surface area (Å²) in [5.74, 6) is 0.752. The highest BCUT2D eigenvalue weighted by Gasteiger charge is 2.18. The van der Waals surface area contributed by atoms with Crippen LogP contribution in [0, 0.1) is 5.92 Å². The van der Waals surface area contributed by atoms with E-state index in [4.69, 9.17) is 5.73 Å². The molecule has 1 fully saturated rings. The molecule has 0 amide bonds. The third-order valence-electron chi connectivity index (χ3n) is 2.21. The summed E-state index contributed by atoms with van der Waals surface area (Å²) in [6, 6.07) is 0.468. The molecule has 1 aliphatic rings. The standard InChI is InChI=1S/C9H17N/c1-3-7(2)4-8-5-9(10)6-8/h4,7,9H,3,5-6,10H2,1-2H3. The van der Waals surface area contributed by atoms with Crippen molar-refractivity contribution in [2.24, 2.45) is 11.7 Å². The average molecular weight is 139 g/mol. The van der Waals surface area contributed by atoms with Gasteiger partial charge in [-0.3, -0.25) is 0 Å². The lowest BCUT2D eigenvalue weighted by Gasteiger charge is -2.26. The van der Waals surface area contributed by atoms with Gasteiger partial charge in [-0.15, -0.1) is 0 Å². The van der Waals surface area contributed by atoms with Crippen molar-refractivity contribution >= 4 is 0 Å². The van der Waals surface area contributed by atoms with E-state index in [-0.39, 0.29) is 0 Å². The molecule has 1 rings (SSSR count). The van der Waals surface area contributed by atoms with Gasteiger partial charge in [0.15, 0.2) is 0 Å². The zero-order valence-corrected chi connectivity index (χ0v) is 6.93. The summed E-state index contributed by atoms with van der Waals surface area (Å²) < 4.78 is 0. The molecule has 0 aromatic carbocycles. The normalized spacial score (nSPS) is 27.5. The van der Waals surface area contributed by atoms with E-state index in [0.717, 1.165) is 18.8 Å². The van der Waals surface area contributed by atoms with Gasteiger partial charge in [-0.2, -0.15) is 0 Å². The van der Waals surface area contributed by atoms with Crippen molar-refractivity contribution in [2.75, 3.05) is 0 Å². The van der Waals surface area contributed by atoms with Crippen LogP contribution in [0.25, 0.3) is 0 Å². The van der Waals surface area contributed by atoms with Gasteiger partial charge >= 0.3 is 0 Å². The largest absolute Gasteiger partial charge is 0.327 e. The molecule has 0 radical (unpaired) electrons. The molecule has 1 heteroatoms. The number of nitrogens with two attached hydrogens (primary N) is 1. The summed E-state index contributed by atoms with van der Waals surface area (Å²) in [4.78, 5) is 0. The predicted octanol–water partition coefficient (Wildman–Crippen LogP) is 2.08. The topological polar surface area (TPSA) is 26.0 Å². The molecule has 0 bridgehead atoms. The fourth-order valence-corrected chi connectivity index (χ4v) is 1.27. The summed E-state index contributed by atoms with van der Waals surface area (Å²) in [6.07, 6.45) is 5.91. The molecule has 58 valence electrons. The van der Waals surface area contributed by atoms with Crippen LogP contribution in [-0.2, 0) is 0 Å². The third kappa shape index (κ3) is 1.84. The molecular weight excluding hydrogens is 122 g/mol. The van der Waals surface area contributed by atoms with Crippen molar-refractivity contribution in [3.05, 3.63) is 11.6 Å². The summed E-state index contributed by atoms with van der Waals surface area (Å²) in [7, 11) is 0. The van der Waals surface area contributed by atoms with Gasteiger partial charge in [0.05, 0.1) is 0 Å². The van der Waals surface area contributed by atoms with Crippen molar-refractivity contribution in [3.8, 4) is 0 Å². The molecule has 1 atom stereocenters. The van der Waals surface area contributed by atoms with Crippen molar-refractivity contribution < 1.29 is 0 Å². The Hall–Kier alpha value is -0.300. The Morgan fingerprint density at radius 3 is 2.70 bits per heavy atom. The second-order valence-corrected chi connectivity index (χ2v) is 3.38. The fourth-order valence-electron chi connectivity index (χ4n) is 1.27. The smallest absolute Gasteiger partial charge is 0.0113 e. The number of hydrogen-bond acceptors (Lipinski definition) is 1. The molecule has 0 aliphatic heterocycles. The van der Waals surface area contributed by atoms with E-state index in [1.807, 2.05) is 0 Å². The Bertz CT molecular complexity index is 130. The van der Waals surface area contributed by atoms with E-state index in [2.05, 4.69) is 19.9 Å². The minimum Gasteiger partial charge on any atom is -0.327 e. The zero-order valence-electron chi connectivity index (χ0n) is 6.93. The molecule has 0 saturated heterocycles. The molecule has 10 heavy (non-hydrogen) atoms. The maximum atomic E-state index is 5.65. The first-order chi connectivity index (χ1) is 4.72. The fraction of sp³-hybridized carbons (Fsp3) is 0.778. The first kappa shape index (κ1) is 7.80. The highest BCUT2D eigenvalue weighted by molar-refractivity contribution is 5.15. The van der Waals surface area contributed by atoms with Gasteiger partial charge < -0.3 is 5.73 Å². The van der Waals surface area contributed by atoms with Gasteiger partial charge in [0, 0.05) is 6.04 Å². The number of allylic oxidation sites excluding steroid dienone is 1. The number of hydrogen-bond donors (Lipinski definition) is 1. The van der Waals surface area contributed by atoms with Crippen LogP contribution in [0.2, 0.25) is 0 Å². The summed E-state index contributed by atoms with van der Waals surface area (Å²) in [6.45, 7) is 4.48. The lowest BCUT2D eigenvalue weighted by Crippen LogP contribution is -2.30. The van der Waals surface area contributed by atoms with E-state index in [0.29, 0.717) is 6.04 Å². The molecule has 0 heterocycles. The Kier molecular flexibility index (Phi) is 2.50. The predicted molar refractivity (Wildman–Crippen MR) is 44.7 cm³/mol. The molecule has 0 aromatic heterocycles. The Morgan fingerprint density at radius 1 is 1.70 bits per heavy atom. The molecule has 1 nitrogen and oxygen atoms in total. The average Bonchev–Trinajstić information content (AvgIpc) is 1.84. The second kappa shape index (κ2) is 3.20. The molecule has 1 saturated carbocycles. The monoisotopic (exact) mass is 139 g/mol. The highest BCUT2D eigenvalue weighted by Crippen LogP contribution is 2.26. The van der Waals surface area contributed by atoms with Crippen LogP contribution in [0.15, 0.2) is 11.6 Å². The molecular formula is C9H17N. The Balaban J connectivity index is 2.28. The summed E-state index contributed by atoms with van der Waals surface area (Å²) in [5.41, 5.74) is 7.22. The molecule has 0 aromatic rings. The minimum absolute atomic E-state index is 0.468. The molecule has 1 unspecified atom stereocenters. The van der Waals surface area contributed by atoms with Gasteiger partial charge in [0.25, 0.3) is 0 Å². The lowest BCUT2D eigenvalue weighted by atomic mass is 9.85. The van der Waals surface area contributed by atoms with Crippen LogP contribution in [0.5, 0.6) is 0 Å². The summed E-state index contributed by atoms with van der Waals surface area (Å²) >= 11 is 0. The first-order valence-corrected chi connectivity index (χ1v) is 4.17. The lowest BCUT2D eigenvalue weighted by molar-refractivity contribution is 0.528. The molecule has 1 aliphatic carbocycles. The van der Waals surface area contributed by atoms with Crippen molar-refractivity contribution in [1.82, 2.24) is 0 Å². The van der Waals surface area contributed by atoms with Crippen molar-refractivity contribution in [2.45, 2.75) is 39.2 Å². The maximum absolute atomic E-state index is 5.65. The van der Waals surface area contributed by atoms with Crippen LogP contribution >= 0.6 is 0 Å². The maximum Gasteiger partial charge on any atom is 0.0113 e. The first-order valence-electron chi connectivity index (χ1n) is 4.17. The molecule has 0 spiro atoms. The van der Waals surface area contributed by atoms with Gasteiger partial charge in [-0.05, 0) is 18.8 Å². The highest BCUT2D eigenvalue weighted by atomic mass is 14.7. The quantitative estimate of drug-likeness (QED) is 0.582. The summed E-state index contributed by atoms with van der Waals surface area (Å²) in [5, 5.41) is 0. The van der Waals surface area contributed by atoms with Gasteiger partial charge in [-0.1, -0.05) is 31.9 Å². The minimum atomic E-state index is 0.468. The van der Waals surface area contributed by atoms with Crippen LogP contribution in [0.4, 0.5) is 0 Å². The van der Waals surface area contributed by atoms with Gasteiger partial charge in [0.1, 0.15) is 0 Å². The van der Waals surface area contributed by atoms with Crippen LogP contribution < -0.4 is 5.73 Å². The van der Waals surface area contributed by atoms with Crippen molar-refractivity contribution in [1.29, 1.82) is 0 Å². The second-order valence-electron chi connectivity index (χ2n) is 3.38.